The van der Waals surface area contributed by atoms with Crippen molar-refractivity contribution in [1.29, 1.82) is 0 Å². The second-order valence-electron chi connectivity index (χ2n) is 17.9. The van der Waals surface area contributed by atoms with Crippen molar-refractivity contribution in [1.82, 2.24) is 10.6 Å². The van der Waals surface area contributed by atoms with Crippen molar-refractivity contribution in [2.75, 3.05) is 39.6 Å². The molecular weight excluding hydrogens is 1000 g/mol. The van der Waals surface area contributed by atoms with Crippen LogP contribution in [0.3, 0.4) is 0 Å². The number of aliphatic hydroxyl groups is 18. The second-order valence-corrected chi connectivity index (χ2v) is 17.9. The van der Waals surface area contributed by atoms with E-state index in [1.54, 1.807) is 0 Å². The number of nitrogens with one attached hydrogen (secondary N) is 2. The maximum absolute atomic E-state index is 12.6. The fourth-order valence-corrected chi connectivity index (χ4v) is 8.86. The van der Waals surface area contributed by atoms with Crippen LogP contribution in [0.4, 0.5) is 0 Å². The van der Waals surface area contributed by atoms with E-state index in [9.17, 15) is 106 Å². The SMILES string of the molecule is CC(=O)N[C@H]1[C@H](O[C@H]2[C@@H](O)[C@@H](CO)O[C@@H](OC([C@H](O)CO)[C@H](O)[C@@H](O)C=O)[C@@H]2O)O[C@H](CO)[C@@H](O[C@@H]2O[C@H](CO)[C@H](O)[C@H](O[C@@H]3O[C@H](CO)[C@@H](O)[C@H](O[C@@H]4O[C@H](CO)[C@H](O)[C@H](O)[C@H]4O)[C@H]3NC(C)=O)[C@H]2O)[C@@H]1O. The number of hydrogen-bond donors (Lipinski definition) is 20. The summed E-state index contributed by atoms with van der Waals surface area (Å²) in [5, 5.41) is 196. The predicted molar refractivity (Wildman–Crippen MR) is 224 cm³/mol. The molecule has 0 bridgehead atoms. The largest absolute Gasteiger partial charge is 0.394 e. The molecule has 1 unspecified atom stereocenters. The normalized spacial score (nSPS) is 45.1. The van der Waals surface area contributed by atoms with Gasteiger partial charge in [0.25, 0.3) is 0 Å². The molecule has 0 aliphatic carbocycles. The minimum absolute atomic E-state index is 0.137. The van der Waals surface area contributed by atoms with Gasteiger partial charge in [0, 0.05) is 13.8 Å². The van der Waals surface area contributed by atoms with Gasteiger partial charge in [-0.05, 0) is 0 Å². The van der Waals surface area contributed by atoms with E-state index in [-0.39, 0.29) is 6.29 Å². The summed E-state index contributed by atoms with van der Waals surface area (Å²) in [6.45, 7) is -4.21. The minimum Gasteiger partial charge on any atom is -0.394 e. The Labute approximate surface area is 413 Å². The van der Waals surface area contributed by atoms with Gasteiger partial charge in [-0.25, -0.2) is 0 Å². The number of carbonyl (C=O) groups is 3. The topological polar surface area (TPSA) is 532 Å². The van der Waals surface area contributed by atoms with E-state index in [1.165, 1.54) is 0 Å². The van der Waals surface area contributed by atoms with Crippen LogP contribution >= 0.6 is 0 Å². The predicted octanol–water partition coefficient (Wildman–Crippen LogP) is -14.0. The Balaban J connectivity index is 1.40. The maximum atomic E-state index is 12.6. The molecule has 20 N–H and O–H groups in total. The number of aliphatic hydroxyl groups excluding tert-OH is 18. The van der Waals surface area contributed by atoms with Gasteiger partial charge in [-0.3, -0.25) is 9.59 Å². The number of hydrogen-bond acceptors (Lipinski definition) is 31. The Hall–Kier alpha value is -2.51. The van der Waals surface area contributed by atoms with Gasteiger partial charge in [-0.15, -0.1) is 0 Å². The van der Waals surface area contributed by atoms with Crippen molar-refractivity contribution in [3.05, 3.63) is 0 Å². The number of aldehydes is 1. The molecule has 0 aromatic rings. The van der Waals surface area contributed by atoms with Crippen LogP contribution in [-0.2, 0) is 61.8 Å². The van der Waals surface area contributed by atoms with Crippen LogP contribution in [0.5, 0.6) is 0 Å². The summed E-state index contributed by atoms with van der Waals surface area (Å²) in [5.41, 5.74) is 0. The highest BCUT2D eigenvalue weighted by Gasteiger charge is 2.58. The highest BCUT2D eigenvalue weighted by molar-refractivity contribution is 5.73. The van der Waals surface area contributed by atoms with Crippen LogP contribution in [0.15, 0.2) is 0 Å². The third-order valence-corrected chi connectivity index (χ3v) is 12.8. The van der Waals surface area contributed by atoms with E-state index in [0.717, 1.165) is 13.8 Å². The third kappa shape index (κ3) is 13.8. The summed E-state index contributed by atoms with van der Waals surface area (Å²) in [4.78, 5) is 36.3. The lowest BCUT2D eigenvalue weighted by atomic mass is 9.93. The van der Waals surface area contributed by atoms with Crippen LogP contribution in [0, 0.1) is 0 Å². The molecule has 33 nitrogen and oxygen atoms in total. The van der Waals surface area contributed by atoms with Gasteiger partial charge >= 0.3 is 0 Å². The summed E-state index contributed by atoms with van der Waals surface area (Å²) in [6, 6.07) is -3.58. The fourth-order valence-electron chi connectivity index (χ4n) is 8.86. The Morgan fingerprint density at radius 2 is 0.849 bits per heavy atom. The molecule has 0 saturated carbocycles. The summed E-state index contributed by atoms with van der Waals surface area (Å²) in [7, 11) is 0. The molecule has 33 heteroatoms. The van der Waals surface area contributed by atoms with E-state index in [1.807, 2.05) is 0 Å². The van der Waals surface area contributed by atoms with Gasteiger partial charge in [0.1, 0.15) is 146 Å². The number of rotatable bonds is 22. The standard InChI is InChI=1S/C40H68N2O31/c1-10(50)41-19-26(59)32(18(9-49)68-36(19)72-34-24(57)16(7-47)66-39(29(34)62)69-31(13(53)4-44)21(54)12(52)3-43)70-40-30(63)35(25(58)17(8-48)67-40)73-37-20(42-11(2)51)33(23(56)15(6-46)64-37)71-38-28(61)27(60)22(55)14(5-45)65-38/h3,12-40,44-49,52-63H,4-9H2,1-2H3,(H,41,50)(H,42,51)/t12-,13+,14+,15+,16+,17+,18+,19+,20+,21+,22-,23+,24-,25-,26+,27-,28+,29+,30+,31?,32+,33+,34-,35-,36-,37-,38-,39-,40-/m0/s1. The van der Waals surface area contributed by atoms with Crippen molar-refractivity contribution >= 4 is 18.1 Å². The lowest BCUT2D eigenvalue weighted by Gasteiger charge is -2.51. The fraction of sp³-hybridized carbons (Fsp3) is 0.925. The van der Waals surface area contributed by atoms with Crippen LogP contribution in [-0.4, -0.2) is 327 Å². The molecule has 0 spiro atoms. The summed E-state index contributed by atoms with van der Waals surface area (Å²) in [6.07, 6.45) is -53.6. The monoisotopic (exact) mass is 1070 g/mol. The Morgan fingerprint density at radius 3 is 1.33 bits per heavy atom. The summed E-state index contributed by atoms with van der Waals surface area (Å²) in [5.74, 6) is -1.74. The van der Waals surface area contributed by atoms with Crippen molar-refractivity contribution in [2.45, 2.75) is 192 Å². The highest BCUT2D eigenvalue weighted by atomic mass is 16.8. The Bertz CT molecular complexity index is 1730. The third-order valence-electron chi connectivity index (χ3n) is 12.8. The molecule has 0 radical (unpaired) electrons. The van der Waals surface area contributed by atoms with Crippen LogP contribution in [0.2, 0.25) is 0 Å². The number of carbonyl (C=O) groups excluding carboxylic acids is 3. The van der Waals surface area contributed by atoms with Crippen molar-refractivity contribution in [2.24, 2.45) is 0 Å². The molecule has 0 aromatic heterocycles. The molecule has 5 rings (SSSR count). The van der Waals surface area contributed by atoms with Crippen molar-refractivity contribution in [3.8, 4) is 0 Å². The van der Waals surface area contributed by atoms with E-state index >= 15 is 0 Å². The molecule has 0 aromatic carbocycles. The van der Waals surface area contributed by atoms with Crippen molar-refractivity contribution in [3.63, 3.8) is 0 Å². The average Bonchev–Trinajstić information content (AvgIpc) is 3.36. The smallest absolute Gasteiger partial charge is 0.217 e. The zero-order valence-corrected chi connectivity index (χ0v) is 38.9. The molecule has 424 valence electrons. The summed E-state index contributed by atoms with van der Waals surface area (Å²) < 4.78 is 57.0. The molecule has 5 aliphatic rings. The maximum Gasteiger partial charge on any atom is 0.217 e. The molecular formula is C40H68N2O31. The van der Waals surface area contributed by atoms with E-state index < -0.39 is 229 Å². The lowest BCUT2D eigenvalue weighted by molar-refractivity contribution is -0.383. The first-order valence-corrected chi connectivity index (χ1v) is 22.9. The first-order chi connectivity index (χ1) is 34.5. The van der Waals surface area contributed by atoms with Gasteiger partial charge in [0.15, 0.2) is 37.7 Å². The van der Waals surface area contributed by atoms with E-state index in [4.69, 9.17) is 47.4 Å². The Kier molecular flexibility index (Phi) is 22.8. The second kappa shape index (κ2) is 27.2. The molecule has 5 saturated heterocycles. The first-order valence-electron chi connectivity index (χ1n) is 22.9. The Morgan fingerprint density at radius 1 is 0.466 bits per heavy atom. The first kappa shape index (κ1) is 61.3. The quantitative estimate of drug-likeness (QED) is 0.0448. The zero-order valence-electron chi connectivity index (χ0n) is 38.9. The average molecular weight is 1070 g/mol. The number of amides is 2. The molecule has 73 heavy (non-hydrogen) atoms. The molecule has 5 heterocycles. The number of ether oxygens (including phenoxy) is 10. The van der Waals surface area contributed by atoms with Crippen LogP contribution < -0.4 is 10.6 Å². The van der Waals surface area contributed by atoms with Gasteiger partial charge in [-0.1, -0.05) is 0 Å². The molecule has 29 atom stereocenters. The van der Waals surface area contributed by atoms with Crippen molar-refractivity contribution < 1.29 is 154 Å². The molecule has 5 aliphatic heterocycles. The zero-order chi connectivity index (χ0) is 54.3. The van der Waals surface area contributed by atoms with Gasteiger partial charge in [0.2, 0.25) is 11.8 Å². The molecule has 2 amide bonds. The van der Waals surface area contributed by atoms with Crippen LogP contribution in [0.25, 0.3) is 0 Å². The highest BCUT2D eigenvalue weighted by Crippen LogP contribution is 2.36. The molecule has 5 fully saturated rings. The lowest BCUT2D eigenvalue weighted by Crippen LogP contribution is -2.71. The van der Waals surface area contributed by atoms with E-state index in [0.29, 0.717) is 0 Å². The minimum atomic E-state index is -2.25. The van der Waals surface area contributed by atoms with Crippen LogP contribution in [0.1, 0.15) is 13.8 Å². The summed E-state index contributed by atoms with van der Waals surface area (Å²) >= 11 is 0. The van der Waals surface area contributed by atoms with Gasteiger partial charge < -0.3 is 155 Å². The van der Waals surface area contributed by atoms with Gasteiger partial charge in [-0.2, -0.15) is 0 Å². The van der Waals surface area contributed by atoms with E-state index in [2.05, 4.69) is 10.6 Å². The van der Waals surface area contributed by atoms with Gasteiger partial charge in [0.05, 0.1) is 39.6 Å².